The van der Waals surface area contributed by atoms with Crippen LogP contribution in [-0.2, 0) is 14.8 Å². The van der Waals surface area contributed by atoms with Gasteiger partial charge in [0.2, 0.25) is 15.9 Å². The van der Waals surface area contributed by atoms with Gasteiger partial charge in [-0.1, -0.05) is 0 Å². The van der Waals surface area contributed by atoms with Gasteiger partial charge in [-0.3, -0.25) is 4.79 Å². The number of pyridine rings is 1. The first kappa shape index (κ1) is 15.3. The average Bonchev–Trinajstić information content (AvgIpc) is 2.36. The molecule has 0 aliphatic carbocycles. The number of rotatable bonds is 6. The number of nitrogens with one attached hydrogen (secondary N) is 3. The molecule has 0 atom stereocenters. The van der Waals surface area contributed by atoms with E-state index in [-0.39, 0.29) is 23.3 Å². The van der Waals surface area contributed by atoms with E-state index in [0.717, 1.165) is 0 Å². The van der Waals surface area contributed by atoms with Gasteiger partial charge in [0, 0.05) is 12.2 Å². The lowest BCUT2D eigenvalue weighted by molar-refractivity contribution is -0.120. The van der Waals surface area contributed by atoms with Crippen molar-refractivity contribution in [3.63, 3.8) is 0 Å². The molecule has 0 aliphatic rings. The van der Waals surface area contributed by atoms with E-state index in [1.807, 2.05) is 0 Å². The van der Waals surface area contributed by atoms with Gasteiger partial charge in [-0.15, -0.1) is 0 Å². The van der Waals surface area contributed by atoms with Crippen LogP contribution in [0, 0.1) is 0 Å². The highest BCUT2D eigenvalue weighted by molar-refractivity contribution is 7.89. The molecule has 1 aromatic heterocycles. The van der Waals surface area contributed by atoms with Crippen LogP contribution in [0.25, 0.3) is 0 Å². The summed E-state index contributed by atoms with van der Waals surface area (Å²) < 4.78 is 26.1. The number of hydrogen-bond donors (Lipinski definition) is 4. The zero-order chi connectivity index (χ0) is 14.5. The van der Waals surface area contributed by atoms with Crippen molar-refractivity contribution in [3.8, 4) is 0 Å². The van der Waals surface area contributed by atoms with E-state index in [1.54, 1.807) is 13.8 Å². The highest BCUT2D eigenvalue weighted by Crippen LogP contribution is 2.16. The van der Waals surface area contributed by atoms with Gasteiger partial charge in [0.15, 0.2) is 5.82 Å². The molecule has 0 spiro atoms. The third kappa shape index (κ3) is 4.47. The van der Waals surface area contributed by atoms with Crippen molar-refractivity contribution in [2.24, 2.45) is 5.84 Å². The summed E-state index contributed by atoms with van der Waals surface area (Å²) in [5.74, 6) is 4.79. The quantitative estimate of drug-likeness (QED) is 0.399. The number of sulfonamides is 1. The van der Waals surface area contributed by atoms with E-state index in [1.165, 1.54) is 18.3 Å². The Labute approximate surface area is 111 Å². The van der Waals surface area contributed by atoms with Gasteiger partial charge < -0.3 is 10.7 Å². The van der Waals surface area contributed by atoms with Crippen LogP contribution in [0.1, 0.15) is 13.8 Å². The van der Waals surface area contributed by atoms with Gasteiger partial charge in [-0.25, -0.2) is 24.0 Å². The average molecular weight is 287 g/mol. The van der Waals surface area contributed by atoms with Gasteiger partial charge in [0.05, 0.1) is 6.54 Å². The largest absolute Gasteiger partial charge is 0.353 e. The van der Waals surface area contributed by atoms with E-state index in [4.69, 9.17) is 5.84 Å². The first-order valence-corrected chi connectivity index (χ1v) is 7.06. The molecule has 1 aromatic rings. The molecule has 1 amide bonds. The molecule has 19 heavy (non-hydrogen) atoms. The highest BCUT2D eigenvalue weighted by atomic mass is 32.2. The number of carbonyl (C=O) groups is 1. The topological polar surface area (TPSA) is 126 Å². The van der Waals surface area contributed by atoms with Gasteiger partial charge in [-0.05, 0) is 26.0 Å². The van der Waals surface area contributed by atoms with E-state index in [0.29, 0.717) is 0 Å². The second-order valence-electron chi connectivity index (χ2n) is 4.04. The number of carbonyl (C=O) groups excluding carboxylic acids is 1. The SMILES string of the molecule is CC(C)NC(=O)CNS(=O)(=O)c1cccnc1NN. The first-order chi connectivity index (χ1) is 8.86. The maximum absolute atomic E-state index is 12.0. The number of nitrogen functional groups attached to an aromatic ring is 1. The number of nitrogens with zero attached hydrogens (tertiary/aromatic N) is 1. The van der Waals surface area contributed by atoms with Gasteiger partial charge >= 0.3 is 0 Å². The summed E-state index contributed by atoms with van der Waals surface area (Å²) in [5, 5.41) is 2.57. The molecule has 8 nitrogen and oxygen atoms in total. The van der Waals surface area contributed by atoms with Crippen LogP contribution < -0.4 is 21.3 Å². The molecule has 0 saturated heterocycles. The Balaban J connectivity index is 2.79. The summed E-state index contributed by atoms with van der Waals surface area (Å²) >= 11 is 0. The summed E-state index contributed by atoms with van der Waals surface area (Å²) in [6, 6.07) is 2.74. The summed E-state index contributed by atoms with van der Waals surface area (Å²) in [5.41, 5.74) is 2.19. The molecule has 0 saturated carbocycles. The Morgan fingerprint density at radius 3 is 2.74 bits per heavy atom. The fourth-order valence-corrected chi connectivity index (χ4v) is 2.43. The predicted octanol–water partition coefficient (Wildman–Crippen LogP) is -0.830. The predicted molar refractivity (Wildman–Crippen MR) is 70.5 cm³/mol. The molecule has 0 radical (unpaired) electrons. The minimum atomic E-state index is -3.85. The van der Waals surface area contributed by atoms with Crippen LogP contribution in [0.2, 0.25) is 0 Å². The minimum Gasteiger partial charge on any atom is -0.353 e. The molecule has 0 aliphatic heterocycles. The van der Waals surface area contributed by atoms with Crippen LogP contribution >= 0.6 is 0 Å². The Bertz CT molecular complexity index is 544. The lowest BCUT2D eigenvalue weighted by Gasteiger charge is -2.11. The molecule has 1 heterocycles. The van der Waals surface area contributed by atoms with Gasteiger partial charge in [-0.2, -0.15) is 0 Å². The van der Waals surface area contributed by atoms with Crippen LogP contribution in [0.5, 0.6) is 0 Å². The van der Waals surface area contributed by atoms with Crippen LogP contribution in [0.15, 0.2) is 23.2 Å². The second-order valence-corrected chi connectivity index (χ2v) is 5.78. The number of amides is 1. The van der Waals surface area contributed by atoms with Crippen molar-refractivity contribution in [2.45, 2.75) is 24.8 Å². The van der Waals surface area contributed by atoms with Crippen LogP contribution in [0.4, 0.5) is 5.82 Å². The van der Waals surface area contributed by atoms with Crippen molar-refractivity contribution in [1.82, 2.24) is 15.0 Å². The molecule has 0 bridgehead atoms. The third-order valence-corrected chi connectivity index (χ3v) is 3.50. The monoisotopic (exact) mass is 287 g/mol. The van der Waals surface area contributed by atoms with Crippen LogP contribution in [-0.4, -0.2) is 31.9 Å². The highest BCUT2D eigenvalue weighted by Gasteiger charge is 2.19. The molecule has 1 rings (SSSR count). The summed E-state index contributed by atoms with van der Waals surface area (Å²) in [7, 11) is -3.85. The van der Waals surface area contributed by atoms with E-state index < -0.39 is 15.9 Å². The van der Waals surface area contributed by atoms with Crippen LogP contribution in [0.3, 0.4) is 0 Å². The molecule has 9 heteroatoms. The van der Waals surface area contributed by atoms with Crippen molar-refractivity contribution in [1.29, 1.82) is 0 Å². The Hall–Kier alpha value is -1.71. The maximum atomic E-state index is 12.0. The van der Waals surface area contributed by atoms with E-state index in [9.17, 15) is 13.2 Å². The number of anilines is 1. The number of nitrogens with two attached hydrogens (primary N) is 1. The lowest BCUT2D eigenvalue weighted by atomic mass is 10.4. The third-order valence-electron chi connectivity index (χ3n) is 2.07. The molecule has 0 fully saturated rings. The fourth-order valence-electron chi connectivity index (χ4n) is 1.33. The summed E-state index contributed by atoms with van der Waals surface area (Å²) in [4.78, 5) is 15.1. The summed E-state index contributed by atoms with van der Waals surface area (Å²) in [6.45, 7) is 3.22. The molecule has 5 N–H and O–H groups in total. The molecular formula is C10H17N5O3S. The van der Waals surface area contributed by atoms with Gasteiger partial charge in [0.25, 0.3) is 0 Å². The van der Waals surface area contributed by atoms with Crippen molar-refractivity contribution < 1.29 is 13.2 Å². The summed E-state index contributed by atoms with van der Waals surface area (Å²) in [6.07, 6.45) is 1.40. The Kier molecular flexibility index (Phi) is 5.21. The smallest absolute Gasteiger partial charge is 0.244 e. The Morgan fingerprint density at radius 1 is 1.47 bits per heavy atom. The Morgan fingerprint density at radius 2 is 2.16 bits per heavy atom. The second kappa shape index (κ2) is 6.45. The molecule has 0 aromatic carbocycles. The molecule has 106 valence electrons. The number of hydrazine groups is 1. The van der Waals surface area contributed by atoms with Crippen molar-refractivity contribution >= 4 is 21.7 Å². The number of hydrogen-bond acceptors (Lipinski definition) is 6. The van der Waals surface area contributed by atoms with Crippen molar-refractivity contribution in [3.05, 3.63) is 18.3 Å². The zero-order valence-corrected chi connectivity index (χ0v) is 11.5. The van der Waals surface area contributed by atoms with E-state index >= 15 is 0 Å². The minimum absolute atomic E-state index is 0.0132. The van der Waals surface area contributed by atoms with E-state index in [2.05, 4.69) is 20.4 Å². The van der Waals surface area contributed by atoms with Gasteiger partial charge in [0.1, 0.15) is 4.90 Å². The normalized spacial score (nSPS) is 11.4. The molecule has 0 unspecified atom stereocenters. The fraction of sp³-hybridized carbons (Fsp3) is 0.400. The number of aromatic nitrogens is 1. The lowest BCUT2D eigenvalue weighted by Crippen LogP contribution is -2.40. The zero-order valence-electron chi connectivity index (χ0n) is 10.7. The maximum Gasteiger partial charge on any atom is 0.244 e. The standard InChI is InChI=1S/C10H17N5O3S/c1-7(2)14-9(16)6-13-19(17,18)8-4-3-5-12-10(8)15-11/h3-5,7,13H,6,11H2,1-2H3,(H,12,15)(H,14,16). The molecular weight excluding hydrogens is 270 g/mol. The van der Waals surface area contributed by atoms with Crippen molar-refractivity contribution in [2.75, 3.05) is 12.0 Å². The first-order valence-electron chi connectivity index (χ1n) is 5.57.